The highest BCUT2D eigenvalue weighted by molar-refractivity contribution is 7.89. The van der Waals surface area contributed by atoms with Gasteiger partial charge in [-0.3, -0.25) is 4.79 Å². The summed E-state index contributed by atoms with van der Waals surface area (Å²) in [5, 5.41) is 0.166. The van der Waals surface area contributed by atoms with Crippen molar-refractivity contribution >= 4 is 50.8 Å². The lowest BCUT2D eigenvalue weighted by Crippen LogP contribution is -2.50. The van der Waals surface area contributed by atoms with Crippen molar-refractivity contribution in [3.8, 4) is 5.75 Å². The van der Waals surface area contributed by atoms with E-state index >= 15 is 0 Å². The lowest BCUT2D eigenvalue weighted by Gasteiger charge is -2.34. The minimum Gasteiger partial charge on any atom is -0.475 e. The second-order valence-electron chi connectivity index (χ2n) is 7.94. The van der Waals surface area contributed by atoms with Gasteiger partial charge in [0.1, 0.15) is 10.6 Å². The normalized spacial score (nSPS) is 15.2. The van der Waals surface area contributed by atoms with Crippen LogP contribution in [0.4, 0.5) is 5.69 Å². The summed E-state index contributed by atoms with van der Waals surface area (Å²) < 4.78 is 38.9. The molecule has 11 heteroatoms. The van der Waals surface area contributed by atoms with E-state index in [4.69, 9.17) is 32.7 Å². The predicted molar refractivity (Wildman–Crippen MR) is 136 cm³/mol. The van der Waals surface area contributed by atoms with Gasteiger partial charge in [0.05, 0.1) is 30.9 Å². The number of methoxy groups -OCH3 is 1. The molecule has 3 aromatic carbocycles. The molecule has 0 N–H and O–H groups in total. The van der Waals surface area contributed by atoms with Gasteiger partial charge < -0.3 is 14.4 Å². The molecule has 1 aliphatic rings. The van der Waals surface area contributed by atoms with Crippen molar-refractivity contribution < 1.29 is 27.5 Å². The number of hydrogen-bond donors (Lipinski definition) is 0. The number of nitrogens with zero attached hydrogens (tertiary/aromatic N) is 2. The maximum Gasteiger partial charge on any atom is 0.348 e. The quantitative estimate of drug-likeness (QED) is 0.411. The Kier molecular flexibility index (Phi) is 7.85. The molecule has 0 unspecified atom stereocenters. The summed E-state index contributed by atoms with van der Waals surface area (Å²) in [6.45, 7) is -0.758. The molecule has 0 radical (unpaired) electrons. The first kappa shape index (κ1) is 26.0. The number of amides is 1. The van der Waals surface area contributed by atoms with Crippen LogP contribution in [0, 0.1) is 0 Å². The monoisotopic (exact) mass is 548 g/mol. The number of fused-ring (bicyclic) bond motifs is 1. The lowest BCUT2D eigenvalue weighted by molar-refractivity contribution is -0.148. The van der Waals surface area contributed by atoms with E-state index in [9.17, 15) is 18.0 Å². The van der Waals surface area contributed by atoms with Crippen LogP contribution >= 0.6 is 23.2 Å². The number of para-hydroxylation sites is 2. The Morgan fingerprint density at radius 2 is 1.75 bits per heavy atom. The first-order chi connectivity index (χ1) is 17.2. The summed E-state index contributed by atoms with van der Waals surface area (Å²) in [4.78, 5) is 26.9. The second kappa shape index (κ2) is 10.9. The average Bonchev–Trinajstić information content (AvgIpc) is 2.89. The Bertz CT molecular complexity index is 1380. The number of anilines is 1. The van der Waals surface area contributed by atoms with Crippen LogP contribution in [0.5, 0.6) is 5.75 Å². The Hall–Kier alpha value is -3.11. The number of ether oxygens (including phenoxy) is 2. The van der Waals surface area contributed by atoms with Crippen molar-refractivity contribution in [2.24, 2.45) is 0 Å². The van der Waals surface area contributed by atoms with E-state index in [1.54, 1.807) is 54.6 Å². The van der Waals surface area contributed by atoms with E-state index in [1.807, 2.05) is 0 Å². The van der Waals surface area contributed by atoms with Gasteiger partial charge in [-0.15, -0.1) is 0 Å². The molecule has 188 valence electrons. The molecule has 0 bridgehead atoms. The number of hydrogen-bond acceptors (Lipinski definition) is 6. The van der Waals surface area contributed by atoms with Crippen LogP contribution in [0.15, 0.2) is 77.7 Å². The fraction of sp³-hybridized carbons (Fsp3) is 0.200. The van der Waals surface area contributed by atoms with Crippen LogP contribution in [0.1, 0.15) is 5.56 Å². The van der Waals surface area contributed by atoms with Gasteiger partial charge in [0.25, 0.3) is 0 Å². The number of sulfonamides is 1. The number of halogens is 2. The molecule has 1 heterocycles. The third-order valence-corrected chi connectivity index (χ3v) is 8.07. The molecule has 0 spiro atoms. The van der Waals surface area contributed by atoms with Gasteiger partial charge in [-0.25, -0.2) is 13.2 Å². The van der Waals surface area contributed by atoms with Crippen LogP contribution in [0.25, 0.3) is 0 Å². The number of esters is 1. The largest absolute Gasteiger partial charge is 0.475 e. The van der Waals surface area contributed by atoms with E-state index in [2.05, 4.69) is 0 Å². The lowest BCUT2D eigenvalue weighted by atomic mass is 10.2. The molecule has 0 saturated heterocycles. The van der Waals surface area contributed by atoms with Crippen LogP contribution in [-0.4, -0.2) is 50.9 Å². The van der Waals surface area contributed by atoms with Gasteiger partial charge in [0.15, 0.2) is 0 Å². The molecule has 1 amide bonds. The van der Waals surface area contributed by atoms with Crippen molar-refractivity contribution in [2.45, 2.75) is 17.5 Å². The number of carbonyl (C=O) groups excluding carboxylic acids is 2. The minimum absolute atomic E-state index is 0.0209. The summed E-state index contributed by atoms with van der Waals surface area (Å²) in [6.07, 6.45) is -1.06. The Labute approximate surface area is 219 Å². The summed E-state index contributed by atoms with van der Waals surface area (Å²) in [5.41, 5.74) is 1.09. The summed E-state index contributed by atoms with van der Waals surface area (Å²) in [7, 11) is -3.03. The maximum atomic E-state index is 13.7. The molecule has 8 nitrogen and oxygen atoms in total. The number of rotatable bonds is 7. The van der Waals surface area contributed by atoms with E-state index in [0.717, 1.165) is 4.31 Å². The van der Waals surface area contributed by atoms with E-state index in [0.29, 0.717) is 17.0 Å². The highest BCUT2D eigenvalue weighted by atomic mass is 35.5. The molecule has 1 atom stereocenters. The molecule has 3 aromatic rings. The van der Waals surface area contributed by atoms with Crippen LogP contribution in [-0.2, 0) is 30.9 Å². The third kappa shape index (κ3) is 5.49. The SMILES string of the molecule is COC(=O)[C@@H]1CN(C(=O)CN(Cc2ccccc2)S(=O)(=O)c2cc(Cl)ccc2Cl)c2ccccc2O1. The Morgan fingerprint density at radius 1 is 1.06 bits per heavy atom. The minimum atomic E-state index is -4.25. The van der Waals surface area contributed by atoms with Gasteiger partial charge in [-0.1, -0.05) is 65.7 Å². The summed E-state index contributed by atoms with van der Waals surface area (Å²) in [6, 6.07) is 19.7. The molecule has 0 saturated carbocycles. The average molecular weight is 549 g/mol. The van der Waals surface area contributed by atoms with Crippen molar-refractivity contribution in [3.05, 3.63) is 88.4 Å². The van der Waals surface area contributed by atoms with E-state index in [1.165, 1.54) is 30.2 Å². The molecule has 0 fully saturated rings. The smallest absolute Gasteiger partial charge is 0.348 e. The Balaban J connectivity index is 1.71. The van der Waals surface area contributed by atoms with Crippen molar-refractivity contribution in [1.82, 2.24) is 4.31 Å². The maximum absolute atomic E-state index is 13.7. The summed E-state index contributed by atoms with van der Waals surface area (Å²) >= 11 is 12.3. The van der Waals surface area contributed by atoms with Gasteiger partial charge >= 0.3 is 5.97 Å². The van der Waals surface area contributed by atoms with Crippen LogP contribution < -0.4 is 9.64 Å². The van der Waals surface area contributed by atoms with E-state index in [-0.39, 0.29) is 28.0 Å². The number of carbonyl (C=O) groups is 2. The topological polar surface area (TPSA) is 93.2 Å². The molecule has 4 rings (SSSR count). The van der Waals surface area contributed by atoms with Crippen molar-refractivity contribution in [2.75, 3.05) is 25.1 Å². The summed E-state index contributed by atoms with van der Waals surface area (Å²) in [5.74, 6) is -0.901. The molecular formula is C25H22Cl2N2O6S. The fourth-order valence-corrected chi connectivity index (χ4v) is 5.90. The zero-order chi connectivity index (χ0) is 25.9. The zero-order valence-electron chi connectivity index (χ0n) is 19.1. The van der Waals surface area contributed by atoms with Crippen molar-refractivity contribution in [1.29, 1.82) is 0 Å². The highest BCUT2D eigenvalue weighted by Gasteiger charge is 2.37. The van der Waals surface area contributed by atoms with Crippen LogP contribution in [0.3, 0.4) is 0 Å². The number of benzene rings is 3. The molecular weight excluding hydrogens is 527 g/mol. The highest BCUT2D eigenvalue weighted by Crippen LogP contribution is 2.34. The molecule has 0 aliphatic carbocycles. The first-order valence-electron chi connectivity index (χ1n) is 10.8. The van der Waals surface area contributed by atoms with Gasteiger partial charge in [0, 0.05) is 11.6 Å². The zero-order valence-corrected chi connectivity index (χ0v) is 21.5. The Morgan fingerprint density at radius 3 is 2.47 bits per heavy atom. The fourth-order valence-electron chi connectivity index (χ4n) is 3.79. The predicted octanol–water partition coefficient (Wildman–Crippen LogP) is 4.15. The first-order valence-corrected chi connectivity index (χ1v) is 13.0. The van der Waals surface area contributed by atoms with Crippen molar-refractivity contribution in [3.63, 3.8) is 0 Å². The van der Waals surface area contributed by atoms with Gasteiger partial charge in [-0.2, -0.15) is 4.31 Å². The molecule has 36 heavy (non-hydrogen) atoms. The second-order valence-corrected chi connectivity index (χ2v) is 10.7. The third-order valence-electron chi connectivity index (χ3n) is 5.56. The molecule has 1 aliphatic heterocycles. The van der Waals surface area contributed by atoms with Crippen LogP contribution in [0.2, 0.25) is 10.0 Å². The van der Waals surface area contributed by atoms with Gasteiger partial charge in [-0.05, 0) is 35.9 Å². The standard InChI is InChI=1S/C25H22Cl2N2O6S/c1-34-25(31)22-15-29(20-9-5-6-10-21(20)35-22)24(30)16-28(14-17-7-3-2-4-8-17)36(32,33)23-13-18(26)11-12-19(23)27/h2-13,22H,14-16H2,1H3/t22-/m0/s1. The van der Waals surface area contributed by atoms with E-state index < -0.39 is 34.5 Å². The van der Waals surface area contributed by atoms with Gasteiger partial charge in [0.2, 0.25) is 22.0 Å². The molecule has 0 aromatic heterocycles.